The molecule has 0 saturated carbocycles. The van der Waals surface area contributed by atoms with Gasteiger partial charge in [0, 0.05) is 10.9 Å². The molecule has 0 aromatic heterocycles. The van der Waals surface area contributed by atoms with Crippen LogP contribution in [-0.4, -0.2) is 20.0 Å². The monoisotopic (exact) mass is 384 g/mol. The molecule has 0 aliphatic heterocycles. The Morgan fingerprint density at radius 2 is 1.34 bits per heavy atom. The summed E-state index contributed by atoms with van der Waals surface area (Å²) in [6, 6.07) is 26.0. The summed E-state index contributed by atoms with van der Waals surface area (Å²) in [5.74, 6) is 2.51. The lowest BCUT2D eigenvalue weighted by Crippen LogP contribution is -2.05. The van der Waals surface area contributed by atoms with Gasteiger partial charge in [0.2, 0.25) is 0 Å². The first-order chi connectivity index (χ1) is 14.2. The van der Waals surface area contributed by atoms with Gasteiger partial charge in [-0.2, -0.15) is 0 Å². The Hall–Kier alpha value is -3.79. The number of fused-ring (bicyclic) bond motifs is 1. The van der Waals surface area contributed by atoms with Crippen molar-refractivity contribution in [3.63, 3.8) is 0 Å². The molecule has 0 atom stereocenters. The molecule has 4 heteroatoms. The van der Waals surface area contributed by atoms with Crippen molar-refractivity contribution in [3.05, 3.63) is 96.1 Å². The summed E-state index contributed by atoms with van der Waals surface area (Å²) in [7, 11) is 3.17. The van der Waals surface area contributed by atoms with E-state index in [9.17, 15) is 4.79 Å². The molecule has 4 rings (SSSR count). The molecule has 0 bridgehead atoms. The van der Waals surface area contributed by atoms with E-state index in [1.54, 1.807) is 38.5 Å². The lowest BCUT2D eigenvalue weighted by Gasteiger charge is -2.13. The van der Waals surface area contributed by atoms with Crippen LogP contribution in [0.1, 0.15) is 15.9 Å². The van der Waals surface area contributed by atoms with Crippen molar-refractivity contribution in [3.8, 4) is 23.0 Å². The van der Waals surface area contributed by atoms with Crippen LogP contribution in [0.2, 0.25) is 0 Å². The van der Waals surface area contributed by atoms with Crippen LogP contribution in [0, 0.1) is 0 Å². The number of methoxy groups -OCH3 is 2. The molecule has 4 aromatic carbocycles. The van der Waals surface area contributed by atoms with Gasteiger partial charge in [0.1, 0.15) is 23.0 Å². The second-order valence-electron chi connectivity index (χ2n) is 6.50. The first-order valence-electron chi connectivity index (χ1n) is 9.22. The number of para-hydroxylation sites is 1. The van der Waals surface area contributed by atoms with Gasteiger partial charge in [0.05, 0.1) is 19.8 Å². The van der Waals surface area contributed by atoms with Gasteiger partial charge >= 0.3 is 0 Å². The number of carbonyl (C=O) groups excluding carboxylic acids is 1. The van der Waals surface area contributed by atoms with Crippen LogP contribution in [0.5, 0.6) is 23.0 Å². The Kier molecular flexibility index (Phi) is 5.16. The molecule has 0 aliphatic rings. The summed E-state index contributed by atoms with van der Waals surface area (Å²) in [6.07, 6.45) is 0. The summed E-state index contributed by atoms with van der Waals surface area (Å²) >= 11 is 0. The lowest BCUT2D eigenvalue weighted by atomic mass is 9.96. The molecular formula is C25H20O4. The number of ether oxygens (including phenoxy) is 3. The largest absolute Gasteiger partial charge is 0.497 e. The number of rotatable bonds is 6. The molecule has 0 unspecified atom stereocenters. The number of ketones is 1. The highest BCUT2D eigenvalue weighted by molar-refractivity contribution is 6.18. The smallest absolute Gasteiger partial charge is 0.197 e. The zero-order valence-corrected chi connectivity index (χ0v) is 16.2. The first-order valence-corrected chi connectivity index (χ1v) is 9.22. The van der Waals surface area contributed by atoms with Gasteiger partial charge < -0.3 is 14.2 Å². The third-order valence-corrected chi connectivity index (χ3v) is 4.73. The highest BCUT2D eigenvalue weighted by atomic mass is 16.5. The van der Waals surface area contributed by atoms with E-state index in [0.29, 0.717) is 28.4 Å². The van der Waals surface area contributed by atoms with Crippen LogP contribution in [0.3, 0.4) is 0 Å². The molecule has 4 nitrogen and oxygen atoms in total. The fourth-order valence-corrected chi connectivity index (χ4v) is 3.25. The van der Waals surface area contributed by atoms with Gasteiger partial charge in [-0.1, -0.05) is 30.3 Å². The van der Waals surface area contributed by atoms with Crippen LogP contribution in [0.15, 0.2) is 84.9 Å². The molecule has 0 heterocycles. The van der Waals surface area contributed by atoms with Crippen LogP contribution in [0.25, 0.3) is 10.8 Å². The van der Waals surface area contributed by atoms with Gasteiger partial charge in [-0.15, -0.1) is 0 Å². The molecule has 0 fully saturated rings. The second kappa shape index (κ2) is 8.07. The van der Waals surface area contributed by atoms with E-state index in [4.69, 9.17) is 14.2 Å². The van der Waals surface area contributed by atoms with E-state index in [0.717, 1.165) is 16.5 Å². The summed E-state index contributed by atoms with van der Waals surface area (Å²) in [5.41, 5.74) is 1.07. The van der Waals surface area contributed by atoms with E-state index < -0.39 is 0 Å². The number of hydrogen-bond acceptors (Lipinski definition) is 4. The highest BCUT2D eigenvalue weighted by Gasteiger charge is 2.19. The van der Waals surface area contributed by atoms with Crippen molar-refractivity contribution < 1.29 is 19.0 Å². The van der Waals surface area contributed by atoms with Crippen LogP contribution in [-0.2, 0) is 0 Å². The maximum Gasteiger partial charge on any atom is 0.197 e. The third-order valence-electron chi connectivity index (χ3n) is 4.73. The first kappa shape index (κ1) is 18.6. The van der Waals surface area contributed by atoms with Crippen molar-refractivity contribution in [2.24, 2.45) is 0 Å². The van der Waals surface area contributed by atoms with E-state index in [1.807, 2.05) is 60.7 Å². The summed E-state index contributed by atoms with van der Waals surface area (Å²) in [6.45, 7) is 0. The molecule has 0 radical (unpaired) electrons. The number of carbonyl (C=O) groups is 1. The molecule has 0 N–H and O–H groups in total. The minimum absolute atomic E-state index is 0.119. The summed E-state index contributed by atoms with van der Waals surface area (Å²) < 4.78 is 16.6. The van der Waals surface area contributed by atoms with Gasteiger partial charge in [-0.05, 0) is 60.0 Å². The Morgan fingerprint density at radius 3 is 2.03 bits per heavy atom. The fourth-order valence-electron chi connectivity index (χ4n) is 3.25. The molecule has 29 heavy (non-hydrogen) atoms. The maximum atomic E-state index is 13.3. The molecule has 144 valence electrons. The van der Waals surface area contributed by atoms with E-state index >= 15 is 0 Å². The van der Waals surface area contributed by atoms with Crippen molar-refractivity contribution in [2.75, 3.05) is 14.2 Å². The Bertz CT molecular complexity index is 1140. The van der Waals surface area contributed by atoms with Gasteiger partial charge in [-0.3, -0.25) is 4.79 Å². The fraction of sp³-hybridized carbons (Fsp3) is 0.0800. The molecule has 4 aromatic rings. The molecule has 0 aliphatic carbocycles. The maximum absolute atomic E-state index is 13.3. The van der Waals surface area contributed by atoms with Crippen molar-refractivity contribution in [1.29, 1.82) is 0 Å². The normalized spacial score (nSPS) is 10.6. The molecule has 0 spiro atoms. The minimum Gasteiger partial charge on any atom is -0.497 e. The Balaban J connectivity index is 1.71. The standard InChI is InChI=1S/C25H20O4/c1-27-21-14-8-17-11-15-23(28-2)24(22(17)16-21)25(26)18-9-12-20(13-10-18)29-19-6-4-3-5-7-19/h3-16H,1-2H3. The zero-order chi connectivity index (χ0) is 20.2. The molecule has 0 amide bonds. The van der Waals surface area contributed by atoms with E-state index in [2.05, 4.69) is 0 Å². The molecule has 0 saturated heterocycles. The quantitative estimate of drug-likeness (QED) is 0.389. The second-order valence-corrected chi connectivity index (χ2v) is 6.50. The average Bonchev–Trinajstić information content (AvgIpc) is 2.78. The number of hydrogen-bond donors (Lipinski definition) is 0. The Labute approximate surface area is 169 Å². The minimum atomic E-state index is -0.119. The Morgan fingerprint density at radius 1 is 0.690 bits per heavy atom. The van der Waals surface area contributed by atoms with Gasteiger partial charge in [0.15, 0.2) is 5.78 Å². The van der Waals surface area contributed by atoms with Crippen molar-refractivity contribution >= 4 is 16.6 Å². The zero-order valence-electron chi connectivity index (χ0n) is 16.2. The highest BCUT2D eigenvalue weighted by Crippen LogP contribution is 2.33. The SMILES string of the molecule is COc1ccc2ccc(OC)c(C(=O)c3ccc(Oc4ccccc4)cc3)c2c1. The van der Waals surface area contributed by atoms with E-state index in [-0.39, 0.29) is 5.78 Å². The van der Waals surface area contributed by atoms with Gasteiger partial charge in [-0.25, -0.2) is 0 Å². The topological polar surface area (TPSA) is 44.8 Å². The lowest BCUT2D eigenvalue weighted by molar-refractivity contribution is 0.103. The van der Waals surface area contributed by atoms with Gasteiger partial charge in [0.25, 0.3) is 0 Å². The predicted molar refractivity (Wildman–Crippen MR) is 113 cm³/mol. The third kappa shape index (κ3) is 3.78. The predicted octanol–water partition coefficient (Wildman–Crippen LogP) is 5.88. The summed E-state index contributed by atoms with van der Waals surface area (Å²) in [5, 5.41) is 1.73. The van der Waals surface area contributed by atoms with Crippen molar-refractivity contribution in [2.45, 2.75) is 0 Å². The van der Waals surface area contributed by atoms with Crippen LogP contribution >= 0.6 is 0 Å². The summed E-state index contributed by atoms with van der Waals surface area (Å²) in [4.78, 5) is 13.3. The van der Waals surface area contributed by atoms with Crippen LogP contribution < -0.4 is 14.2 Å². The van der Waals surface area contributed by atoms with Crippen molar-refractivity contribution in [1.82, 2.24) is 0 Å². The molecular weight excluding hydrogens is 364 g/mol. The average molecular weight is 384 g/mol. The number of benzene rings is 4. The van der Waals surface area contributed by atoms with E-state index in [1.165, 1.54) is 0 Å². The van der Waals surface area contributed by atoms with Crippen LogP contribution in [0.4, 0.5) is 0 Å².